The zero-order chi connectivity index (χ0) is 14.5. The van der Waals surface area contributed by atoms with Gasteiger partial charge in [-0.05, 0) is 42.7 Å². The maximum atomic E-state index is 12.4. The van der Waals surface area contributed by atoms with Gasteiger partial charge in [-0.25, -0.2) is 0 Å². The van der Waals surface area contributed by atoms with E-state index in [9.17, 15) is 4.79 Å². The van der Waals surface area contributed by atoms with Gasteiger partial charge < -0.3 is 4.90 Å². The second-order valence-electron chi connectivity index (χ2n) is 4.22. The van der Waals surface area contributed by atoms with E-state index in [0.29, 0.717) is 16.8 Å². The molecule has 0 saturated carbocycles. The van der Waals surface area contributed by atoms with Gasteiger partial charge in [0, 0.05) is 17.5 Å². The van der Waals surface area contributed by atoms with E-state index in [2.05, 4.69) is 6.07 Å². The highest BCUT2D eigenvalue weighted by Crippen LogP contribution is 2.21. The Kier molecular flexibility index (Phi) is 4.44. The van der Waals surface area contributed by atoms with Crippen molar-refractivity contribution in [3.05, 3.63) is 59.7 Å². The number of thioether (sulfide) groups is 1. The Labute approximate surface area is 122 Å². The van der Waals surface area contributed by atoms with Gasteiger partial charge in [-0.1, -0.05) is 12.1 Å². The molecule has 0 aliphatic carbocycles. The lowest BCUT2D eigenvalue weighted by molar-refractivity contribution is 0.0993. The number of hydrogen-bond donors (Lipinski definition) is 0. The predicted molar refractivity (Wildman–Crippen MR) is 82.1 cm³/mol. The summed E-state index contributed by atoms with van der Waals surface area (Å²) in [6, 6.07) is 16.6. The van der Waals surface area contributed by atoms with Crippen molar-refractivity contribution in [3.63, 3.8) is 0 Å². The summed E-state index contributed by atoms with van der Waals surface area (Å²) in [5, 5.41) is 9.10. The van der Waals surface area contributed by atoms with Crippen LogP contribution in [0.1, 0.15) is 15.9 Å². The largest absolute Gasteiger partial charge is 0.310 e. The van der Waals surface area contributed by atoms with Crippen LogP contribution in [0.25, 0.3) is 0 Å². The zero-order valence-corrected chi connectivity index (χ0v) is 12.1. The molecular weight excluding hydrogens is 268 g/mol. The van der Waals surface area contributed by atoms with E-state index in [4.69, 9.17) is 5.26 Å². The first-order valence-electron chi connectivity index (χ1n) is 6.08. The van der Waals surface area contributed by atoms with Crippen molar-refractivity contribution in [3.8, 4) is 6.07 Å². The molecule has 0 fully saturated rings. The highest BCUT2D eigenvalue weighted by atomic mass is 32.2. The van der Waals surface area contributed by atoms with Crippen molar-refractivity contribution < 1.29 is 4.79 Å². The third-order valence-corrected chi connectivity index (χ3v) is 3.77. The van der Waals surface area contributed by atoms with Crippen molar-refractivity contribution in [1.82, 2.24) is 0 Å². The molecule has 2 aromatic rings. The van der Waals surface area contributed by atoms with E-state index in [1.165, 1.54) is 4.90 Å². The fourth-order valence-corrected chi connectivity index (χ4v) is 2.31. The maximum Gasteiger partial charge on any atom is 0.258 e. The Morgan fingerprint density at radius 1 is 1.15 bits per heavy atom. The minimum absolute atomic E-state index is 0.125. The molecule has 2 rings (SSSR count). The van der Waals surface area contributed by atoms with Gasteiger partial charge in [-0.3, -0.25) is 4.79 Å². The van der Waals surface area contributed by atoms with Gasteiger partial charge in [0.1, 0.15) is 6.07 Å². The number of nitriles is 1. The molecule has 20 heavy (non-hydrogen) atoms. The molecule has 0 bridgehead atoms. The first-order valence-corrected chi connectivity index (χ1v) is 7.31. The maximum absolute atomic E-state index is 12.4. The molecule has 0 heterocycles. The predicted octanol–water partition coefficient (Wildman–Crippen LogP) is 3.56. The lowest BCUT2D eigenvalue weighted by Gasteiger charge is -2.18. The molecule has 0 aromatic heterocycles. The Morgan fingerprint density at radius 3 is 2.40 bits per heavy atom. The quantitative estimate of drug-likeness (QED) is 0.809. The molecule has 0 spiro atoms. The Morgan fingerprint density at radius 2 is 1.80 bits per heavy atom. The highest BCUT2D eigenvalue weighted by Gasteiger charge is 2.15. The molecule has 1 amide bonds. The smallest absolute Gasteiger partial charge is 0.258 e. The third kappa shape index (κ3) is 2.84. The molecule has 3 nitrogen and oxygen atoms in total. The molecule has 100 valence electrons. The number of nitrogens with zero attached hydrogens (tertiary/aromatic N) is 2. The fourth-order valence-electron chi connectivity index (χ4n) is 1.90. The lowest BCUT2D eigenvalue weighted by atomic mass is 10.1. The van der Waals surface area contributed by atoms with E-state index in [1.807, 2.05) is 24.5 Å². The van der Waals surface area contributed by atoms with Gasteiger partial charge >= 0.3 is 0 Å². The summed E-state index contributed by atoms with van der Waals surface area (Å²) in [5.74, 6) is -0.125. The first-order chi connectivity index (χ1) is 9.67. The van der Waals surface area contributed by atoms with E-state index in [0.717, 1.165) is 4.90 Å². The van der Waals surface area contributed by atoms with Crippen LogP contribution in [0.15, 0.2) is 53.4 Å². The van der Waals surface area contributed by atoms with Crippen LogP contribution >= 0.6 is 11.8 Å². The Balaban J connectivity index is 2.30. The van der Waals surface area contributed by atoms with Gasteiger partial charge in [0.2, 0.25) is 0 Å². The minimum atomic E-state index is -0.125. The summed E-state index contributed by atoms with van der Waals surface area (Å²) in [6.45, 7) is 0. The van der Waals surface area contributed by atoms with E-state index in [1.54, 1.807) is 49.1 Å². The summed E-state index contributed by atoms with van der Waals surface area (Å²) >= 11 is 1.63. The number of para-hydroxylation sites is 1. The minimum Gasteiger partial charge on any atom is -0.310 e. The molecular formula is C16H14N2OS. The topological polar surface area (TPSA) is 44.1 Å². The molecule has 0 aliphatic rings. The molecule has 0 radical (unpaired) electrons. The summed E-state index contributed by atoms with van der Waals surface area (Å²) in [4.78, 5) is 15.0. The van der Waals surface area contributed by atoms with Crippen LogP contribution in [0.4, 0.5) is 5.69 Å². The molecule has 0 atom stereocenters. The van der Waals surface area contributed by atoms with E-state index in [-0.39, 0.29) is 5.91 Å². The van der Waals surface area contributed by atoms with Gasteiger partial charge in [-0.15, -0.1) is 11.8 Å². The van der Waals surface area contributed by atoms with Crippen LogP contribution in [0.5, 0.6) is 0 Å². The van der Waals surface area contributed by atoms with Crippen LogP contribution in [0.2, 0.25) is 0 Å². The Hall–Kier alpha value is -2.25. The van der Waals surface area contributed by atoms with Crippen LogP contribution in [0.3, 0.4) is 0 Å². The zero-order valence-electron chi connectivity index (χ0n) is 11.3. The first kappa shape index (κ1) is 14.2. The number of carbonyl (C=O) groups is 1. The van der Waals surface area contributed by atoms with Gasteiger partial charge in [-0.2, -0.15) is 5.26 Å². The number of anilines is 1. The number of hydrogen-bond acceptors (Lipinski definition) is 3. The number of carbonyl (C=O) groups excluding carboxylic acids is 1. The lowest BCUT2D eigenvalue weighted by Crippen LogP contribution is -2.26. The van der Waals surface area contributed by atoms with Gasteiger partial charge in [0.05, 0.1) is 11.3 Å². The second-order valence-corrected chi connectivity index (χ2v) is 5.10. The average molecular weight is 282 g/mol. The molecule has 0 N–H and O–H groups in total. The van der Waals surface area contributed by atoms with Crippen LogP contribution in [0, 0.1) is 11.3 Å². The third-order valence-electron chi connectivity index (χ3n) is 3.03. The molecule has 0 saturated heterocycles. The Bertz CT molecular complexity index is 659. The SMILES string of the molecule is CSc1ccc(C(=O)N(C)c2ccccc2C#N)cc1. The number of benzene rings is 2. The van der Waals surface area contributed by atoms with Crippen molar-refractivity contribution in [1.29, 1.82) is 5.26 Å². The number of amides is 1. The molecule has 0 unspecified atom stereocenters. The normalized spacial score (nSPS) is 9.85. The van der Waals surface area contributed by atoms with Crippen LogP contribution in [-0.4, -0.2) is 19.2 Å². The summed E-state index contributed by atoms with van der Waals surface area (Å²) in [6.07, 6.45) is 1.99. The molecule has 4 heteroatoms. The van der Waals surface area contributed by atoms with Crippen molar-refractivity contribution in [2.75, 3.05) is 18.2 Å². The average Bonchev–Trinajstić information content (AvgIpc) is 2.53. The summed E-state index contributed by atoms with van der Waals surface area (Å²) in [7, 11) is 1.68. The van der Waals surface area contributed by atoms with Crippen molar-refractivity contribution >= 4 is 23.4 Å². The van der Waals surface area contributed by atoms with Crippen LogP contribution < -0.4 is 4.90 Å². The van der Waals surface area contributed by atoms with Gasteiger partial charge in [0.25, 0.3) is 5.91 Å². The van der Waals surface area contributed by atoms with Crippen molar-refractivity contribution in [2.45, 2.75) is 4.90 Å². The van der Waals surface area contributed by atoms with E-state index < -0.39 is 0 Å². The number of rotatable bonds is 3. The summed E-state index contributed by atoms with van der Waals surface area (Å²) in [5.41, 5.74) is 1.72. The molecule has 0 aliphatic heterocycles. The molecule has 2 aromatic carbocycles. The highest BCUT2D eigenvalue weighted by molar-refractivity contribution is 7.98. The summed E-state index contributed by atoms with van der Waals surface area (Å²) < 4.78 is 0. The van der Waals surface area contributed by atoms with Crippen molar-refractivity contribution in [2.24, 2.45) is 0 Å². The monoisotopic (exact) mass is 282 g/mol. The van der Waals surface area contributed by atoms with Crippen LogP contribution in [-0.2, 0) is 0 Å². The standard InChI is InChI=1S/C16H14N2OS/c1-18(15-6-4-3-5-13(15)11-17)16(19)12-7-9-14(20-2)10-8-12/h3-10H,1-2H3. The van der Waals surface area contributed by atoms with E-state index >= 15 is 0 Å². The fraction of sp³-hybridized carbons (Fsp3) is 0.125. The second kappa shape index (κ2) is 6.27. The van der Waals surface area contributed by atoms with Gasteiger partial charge in [0.15, 0.2) is 0 Å².